The number of rotatable bonds is 5. The van der Waals surface area contributed by atoms with Gasteiger partial charge in [-0.05, 0) is 36.8 Å². The van der Waals surface area contributed by atoms with E-state index < -0.39 is 0 Å². The van der Waals surface area contributed by atoms with Crippen LogP contribution in [-0.4, -0.2) is 42.2 Å². The van der Waals surface area contributed by atoms with Crippen molar-refractivity contribution < 1.29 is 13.9 Å². The first-order valence-electron chi connectivity index (χ1n) is 8.17. The largest absolute Gasteiger partial charge is 0.481 e. The lowest BCUT2D eigenvalue weighted by atomic mass is 10.2. The van der Waals surface area contributed by atoms with E-state index >= 15 is 0 Å². The summed E-state index contributed by atoms with van der Waals surface area (Å²) < 4.78 is 18.2. The Morgan fingerprint density at radius 3 is 2.92 bits per heavy atom. The summed E-state index contributed by atoms with van der Waals surface area (Å²) >= 11 is 0. The number of anilines is 1. The van der Waals surface area contributed by atoms with Crippen LogP contribution in [-0.2, 0) is 6.54 Å². The summed E-state index contributed by atoms with van der Waals surface area (Å²) in [5.74, 6) is 0.302. The van der Waals surface area contributed by atoms with E-state index in [2.05, 4.69) is 20.5 Å². The van der Waals surface area contributed by atoms with Crippen LogP contribution in [0.2, 0.25) is 0 Å². The smallest absolute Gasteiger partial charge is 0.319 e. The molecule has 6 nitrogen and oxygen atoms in total. The zero-order valence-electron chi connectivity index (χ0n) is 14.0. The Hall–Kier alpha value is -2.67. The van der Waals surface area contributed by atoms with E-state index in [9.17, 15) is 9.18 Å². The number of likely N-dealkylation sites (tertiary alicyclic amines) is 1. The molecule has 2 amide bonds. The van der Waals surface area contributed by atoms with E-state index in [0.29, 0.717) is 11.6 Å². The molecule has 0 spiro atoms. The van der Waals surface area contributed by atoms with Gasteiger partial charge >= 0.3 is 6.03 Å². The number of hydrogen-bond acceptors (Lipinski definition) is 4. The topological polar surface area (TPSA) is 66.5 Å². The van der Waals surface area contributed by atoms with E-state index in [4.69, 9.17) is 4.74 Å². The maximum absolute atomic E-state index is 12.9. The van der Waals surface area contributed by atoms with Crippen molar-refractivity contribution >= 4 is 11.7 Å². The van der Waals surface area contributed by atoms with E-state index in [-0.39, 0.29) is 17.9 Å². The summed E-state index contributed by atoms with van der Waals surface area (Å²) in [4.78, 5) is 18.5. The summed E-state index contributed by atoms with van der Waals surface area (Å²) in [6.45, 7) is 2.38. The average Bonchev–Trinajstić information content (AvgIpc) is 3.04. The highest BCUT2D eigenvalue weighted by Crippen LogP contribution is 2.19. The van der Waals surface area contributed by atoms with Crippen molar-refractivity contribution in [1.29, 1.82) is 0 Å². The lowest BCUT2D eigenvalue weighted by molar-refractivity contribution is 0.247. The second kappa shape index (κ2) is 7.94. The monoisotopic (exact) mass is 344 g/mol. The summed E-state index contributed by atoms with van der Waals surface area (Å²) in [7, 11) is 1.61. The third kappa shape index (κ3) is 4.67. The van der Waals surface area contributed by atoms with Crippen LogP contribution in [0.3, 0.4) is 0 Å². The molecule has 0 saturated carbocycles. The second-order valence-electron chi connectivity index (χ2n) is 6.00. The summed E-state index contributed by atoms with van der Waals surface area (Å²) in [5.41, 5.74) is 1.59. The number of methoxy groups -OCH3 is 1. The number of amides is 2. The first kappa shape index (κ1) is 17.2. The van der Waals surface area contributed by atoms with Gasteiger partial charge in [0.25, 0.3) is 0 Å². The molecule has 0 radical (unpaired) electrons. The normalized spacial score (nSPS) is 17.3. The van der Waals surface area contributed by atoms with Gasteiger partial charge in [-0.3, -0.25) is 4.90 Å². The molecule has 0 bridgehead atoms. The van der Waals surface area contributed by atoms with Crippen molar-refractivity contribution in [2.75, 3.05) is 25.5 Å². The van der Waals surface area contributed by atoms with Crippen LogP contribution in [0.25, 0.3) is 0 Å². The first-order chi connectivity index (χ1) is 12.1. The first-order valence-corrected chi connectivity index (χ1v) is 8.17. The lowest BCUT2D eigenvalue weighted by Crippen LogP contribution is -2.39. The number of nitrogens with one attached hydrogen (secondary N) is 2. The minimum absolute atomic E-state index is 0.0723. The molecular weight excluding hydrogens is 323 g/mol. The Balaban J connectivity index is 1.49. The lowest BCUT2D eigenvalue weighted by Gasteiger charge is -2.18. The van der Waals surface area contributed by atoms with Crippen LogP contribution < -0.4 is 15.4 Å². The van der Waals surface area contributed by atoms with Gasteiger partial charge in [-0.15, -0.1) is 0 Å². The van der Waals surface area contributed by atoms with Gasteiger partial charge in [0, 0.05) is 43.1 Å². The molecule has 1 aliphatic rings. The Morgan fingerprint density at radius 1 is 1.36 bits per heavy atom. The van der Waals surface area contributed by atoms with Crippen LogP contribution in [0.5, 0.6) is 5.88 Å². The highest BCUT2D eigenvalue weighted by Gasteiger charge is 2.24. The number of ether oxygens (including phenoxy) is 1. The van der Waals surface area contributed by atoms with E-state index in [1.807, 2.05) is 12.1 Å². The van der Waals surface area contributed by atoms with Gasteiger partial charge in [0.05, 0.1) is 7.11 Å². The minimum Gasteiger partial charge on any atom is -0.481 e. The minimum atomic E-state index is -0.330. The van der Waals surface area contributed by atoms with Gasteiger partial charge in [0.15, 0.2) is 0 Å². The molecular formula is C18H21FN4O2. The number of carbonyl (C=O) groups excluding carboxylic acids is 1. The molecule has 1 atom stereocenters. The maximum Gasteiger partial charge on any atom is 0.319 e. The van der Waals surface area contributed by atoms with Gasteiger partial charge in [0.1, 0.15) is 5.82 Å². The standard InChI is InChI=1S/C18H21FN4O2/c1-25-17-13(3-2-9-20-17)11-23-10-8-16(12-23)22-18(24)21-15-6-4-14(19)5-7-15/h2-7,9,16H,8,10-12H2,1H3,(H2,21,22,24). The summed E-state index contributed by atoms with van der Waals surface area (Å²) in [5, 5.41) is 5.67. The Morgan fingerprint density at radius 2 is 2.16 bits per heavy atom. The number of urea groups is 1. The summed E-state index contributed by atoms with van der Waals surface area (Å²) in [6, 6.07) is 9.37. The van der Waals surface area contributed by atoms with Crippen molar-refractivity contribution in [3.63, 3.8) is 0 Å². The number of aromatic nitrogens is 1. The van der Waals surface area contributed by atoms with Crippen LogP contribution in [0, 0.1) is 5.82 Å². The quantitative estimate of drug-likeness (QED) is 0.875. The predicted molar refractivity (Wildman–Crippen MR) is 93.0 cm³/mol. The van der Waals surface area contributed by atoms with Crippen LogP contribution in [0.1, 0.15) is 12.0 Å². The Bertz CT molecular complexity index is 723. The highest BCUT2D eigenvalue weighted by atomic mass is 19.1. The molecule has 1 aromatic carbocycles. The molecule has 1 saturated heterocycles. The molecule has 1 fully saturated rings. The zero-order chi connectivity index (χ0) is 17.6. The van der Waals surface area contributed by atoms with Crippen LogP contribution in [0.4, 0.5) is 14.9 Å². The van der Waals surface area contributed by atoms with Gasteiger partial charge in [0.2, 0.25) is 5.88 Å². The molecule has 2 heterocycles. The van der Waals surface area contributed by atoms with Gasteiger partial charge in [-0.2, -0.15) is 0 Å². The fourth-order valence-electron chi connectivity index (χ4n) is 2.95. The van der Waals surface area contributed by atoms with Crippen molar-refractivity contribution in [3.8, 4) is 5.88 Å². The predicted octanol–water partition coefficient (Wildman–Crippen LogP) is 2.63. The van der Waals surface area contributed by atoms with Crippen LogP contribution in [0.15, 0.2) is 42.6 Å². The molecule has 3 rings (SSSR count). The molecule has 1 unspecified atom stereocenters. The molecule has 2 N–H and O–H groups in total. The number of hydrogen-bond donors (Lipinski definition) is 2. The summed E-state index contributed by atoms with van der Waals surface area (Å²) in [6.07, 6.45) is 2.58. The van der Waals surface area contributed by atoms with E-state index in [1.54, 1.807) is 13.3 Å². The van der Waals surface area contributed by atoms with Crippen molar-refractivity contribution in [3.05, 3.63) is 54.0 Å². The third-order valence-electron chi connectivity index (χ3n) is 4.15. The SMILES string of the molecule is COc1ncccc1CN1CCC(NC(=O)Nc2ccc(F)cc2)C1. The molecule has 1 aromatic heterocycles. The maximum atomic E-state index is 12.9. The number of pyridine rings is 1. The van der Waals surface area contributed by atoms with Gasteiger partial charge in [-0.1, -0.05) is 6.07 Å². The van der Waals surface area contributed by atoms with E-state index in [0.717, 1.165) is 31.6 Å². The Kier molecular flexibility index (Phi) is 5.45. The zero-order valence-corrected chi connectivity index (χ0v) is 14.0. The molecule has 25 heavy (non-hydrogen) atoms. The third-order valence-corrected chi connectivity index (χ3v) is 4.15. The fraction of sp³-hybridized carbons (Fsp3) is 0.333. The van der Waals surface area contributed by atoms with Crippen molar-refractivity contribution in [2.24, 2.45) is 0 Å². The number of benzene rings is 1. The van der Waals surface area contributed by atoms with Crippen molar-refractivity contribution in [2.45, 2.75) is 19.0 Å². The molecule has 2 aromatic rings. The fourth-order valence-corrected chi connectivity index (χ4v) is 2.95. The second-order valence-corrected chi connectivity index (χ2v) is 6.00. The Labute approximate surface area is 146 Å². The van der Waals surface area contributed by atoms with Gasteiger partial charge < -0.3 is 15.4 Å². The number of halogens is 1. The molecule has 7 heteroatoms. The number of nitrogens with zero attached hydrogens (tertiary/aromatic N) is 2. The van der Waals surface area contributed by atoms with Crippen molar-refractivity contribution in [1.82, 2.24) is 15.2 Å². The molecule has 0 aliphatic carbocycles. The number of carbonyl (C=O) groups is 1. The van der Waals surface area contributed by atoms with E-state index in [1.165, 1.54) is 24.3 Å². The average molecular weight is 344 g/mol. The molecule has 132 valence electrons. The van der Waals surface area contributed by atoms with Gasteiger partial charge in [-0.25, -0.2) is 14.2 Å². The van der Waals surface area contributed by atoms with Crippen LogP contribution >= 0.6 is 0 Å². The molecule has 1 aliphatic heterocycles. The highest BCUT2D eigenvalue weighted by molar-refractivity contribution is 5.89.